The quantitative estimate of drug-likeness (QED) is 0.700. The van der Waals surface area contributed by atoms with E-state index in [9.17, 15) is 4.79 Å². The Bertz CT molecular complexity index is 412. The molecule has 0 heterocycles. The van der Waals surface area contributed by atoms with E-state index in [1.165, 1.54) is 11.1 Å². The standard InChI is InChI=1S/C15H21NO/c1-5-13(10-14(17)6-2)16-15-11(3)8-7-9-12(15)4/h7-9H,5-6,10H2,1-4H3. The van der Waals surface area contributed by atoms with Crippen molar-refractivity contribution in [2.45, 2.75) is 47.0 Å². The monoisotopic (exact) mass is 231 g/mol. The van der Waals surface area contributed by atoms with E-state index in [4.69, 9.17) is 0 Å². The second-order valence-electron chi connectivity index (χ2n) is 4.34. The minimum absolute atomic E-state index is 0.261. The van der Waals surface area contributed by atoms with Crippen LogP contribution in [-0.2, 0) is 4.79 Å². The second kappa shape index (κ2) is 6.33. The first-order chi connectivity index (χ1) is 8.08. The van der Waals surface area contributed by atoms with Crippen molar-refractivity contribution in [2.75, 3.05) is 0 Å². The number of carbonyl (C=O) groups excluding carboxylic acids is 1. The number of Topliss-reactive ketones (excluding diaryl/α,β-unsaturated/α-hetero) is 1. The summed E-state index contributed by atoms with van der Waals surface area (Å²) in [6, 6.07) is 6.15. The van der Waals surface area contributed by atoms with Crippen LogP contribution in [0.3, 0.4) is 0 Å². The number of ketones is 1. The van der Waals surface area contributed by atoms with Crippen molar-refractivity contribution in [1.29, 1.82) is 0 Å². The van der Waals surface area contributed by atoms with Crippen LogP contribution in [0.4, 0.5) is 5.69 Å². The molecule has 0 fully saturated rings. The summed E-state index contributed by atoms with van der Waals surface area (Å²) >= 11 is 0. The Balaban J connectivity index is 3.02. The largest absolute Gasteiger partial charge is 0.299 e. The van der Waals surface area contributed by atoms with Crippen LogP contribution in [0.2, 0.25) is 0 Å². The van der Waals surface area contributed by atoms with Gasteiger partial charge in [-0.3, -0.25) is 9.79 Å². The fourth-order valence-corrected chi connectivity index (χ4v) is 1.74. The van der Waals surface area contributed by atoms with Gasteiger partial charge >= 0.3 is 0 Å². The zero-order valence-corrected chi connectivity index (χ0v) is 11.2. The van der Waals surface area contributed by atoms with Crippen molar-refractivity contribution >= 4 is 17.2 Å². The summed E-state index contributed by atoms with van der Waals surface area (Å²) < 4.78 is 0. The van der Waals surface area contributed by atoms with E-state index >= 15 is 0 Å². The van der Waals surface area contributed by atoms with Gasteiger partial charge in [-0.25, -0.2) is 0 Å². The van der Waals surface area contributed by atoms with Crippen molar-refractivity contribution in [2.24, 2.45) is 4.99 Å². The number of nitrogens with zero attached hydrogens (tertiary/aromatic N) is 1. The molecule has 0 atom stereocenters. The van der Waals surface area contributed by atoms with Crippen LogP contribution in [0.25, 0.3) is 0 Å². The van der Waals surface area contributed by atoms with Gasteiger partial charge in [0.05, 0.1) is 5.69 Å². The third-order valence-electron chi connectivity index (χ3n) is 2.91. The molecule has 0 aliphatic heterocycles. The summed E-state index contributed by atoms with van der Waals surface area (Å²) in [6.07, 6.45) is 1.91. The Hall–Kier alpha value is -1.44. The molecule has 0 spiro atoms. The van der Waals surface area contributed by atoms with E-state index in [2.05, 4.69) is 37.9 Å². The average molecular weight is 231 g/mol. The number of carbonyl (C=O) groups is 1. The summed E-state index contributed by atoms with van der Waals surface area (Å²) in [4.78, 5) is 16.1. The van der Waals surface area contributed by atoms with Crippen molar-refractivity contribution in [3.05, 3.63) is 29.3 Å². The number of hydrogen-bond acceptors (Lipinski definition) is 2. The van der Waals surface area contributed by atoms with Crippen LogP contribution in [0.15, 0.2) is 23.2 Å². The minimum atomic E-state index is 0.261. The number of rotatable bonds is 5. The predicted molar refractivity (Wildman–Crippen MR) is 73.2 cm³/mol. The van der Waals surface area contributed by atoms with E-state index in [1.807, 2.05) is 13.0 Å². The summed E-state index contributed by atoms with van der Waals surface area (Å²) in [7, 11) is 0. The highest BCUT2D eigenvalue weighted by atomic mass is 16.1. The molecule has 1 aromatic rings. The lowest BCUT2D eigenvalue weighted by Crippen LogP contribution is -2.05. The molecule has 0 bridgehead atoms. The second-order valence-corrected chi connectivity index (χ2v) is 4.34. The molecule has 2 heteroatoms. The maximum atomic E-state index is 11.5. The topological polar surface area (TPSA) is 29.4 Å². The van der Waals surface area contributed by atoms with Gasteiger partial charge in [0.2, 0.25) is 0 Å². The Morgan fingerprint density at radius 1 is 1.12 bits per heavy atom. The van der Waals surface area contributed by atoms with Crippen LogP contribution >= 0.6 is 0 Å². The van der Waals surface area contributed by atoms with Gasteiger partial charge in [-0.1, -0.05) is 32.0 Å². The molecule has 0 amide bonds. The van der Waals surface area contributed by atoms with Gasteiger partial charge in [0.15, 0.2) is 0 Å². The molecule has 0 unspecified atom stereocenters. The van der Waals surface area contributed by atoms with Crippen LogP contribution in [0.5, 0.6) is 0 Å². The highest BCUT2D eigenvalue weighted by Gasteiger charge is 2.06. The molecule has 17 heavy (non-hydrogen) atoms. The fraction of sp³-hybridized carbons (Fsp3) is 0.467. The Morgan fingerprint density at radius 3 is 2.18 bits per heavy atom. The summed E-state index contributed by atoms with van der Waals surface area (Å²) in [5.41, 5.74) is 4.34. The lowest BCUT2D eigenvalue weighted by Gasteiger charge is -2.07. The highest BCUT2D eigenvalue weighted by Crippen LogP contribution is 2.24. The van der Waals surface area contributed by atoms with Gasteiger partial charge in [0.1, 0.15) is 5.78 Å². The molecule has 0 N–H and O–H groups in total. The van der Waals surface area contributed by atoms with Crippen LogP contribution < -0.4 is 0 Å². The first kappa shape index (κ1) is 13.6. The molecular weight excluding hydrogens is 210 g/mol. The van der Waals surface area contributed by atoms with E-state index in [0.29, 0.717) is 12.8 Å². The molecule has 92 valence electrons. The third kappa shape index (κ3) is 3.81. The van der Waals surface area contributed by atoms with Gasteiger partial charge in [-0.15, -0.1) is 0 Å². The summed E-state index contributed by atoms with van der Waals surface area (Å²) in [5.74, 6) is 0.261. The third-order valence-corrected chi connectivity index (χ3v) is 2.91. The van der Waals surface area contributed by atoms with Gasteiger partial charge in [-0.2, -0.15) is 0 Å². The van der Waals surface area contributed by atoms with Crippen LogP contribution in [0.1, 0.15) is 44.2 Å². The van der Waals surface area contributed by atoms with Crippen LogP contribution in [-0.4, -0.2) is 11.5 Å². The average Bonchev–Trinajstić information content (AvgIpc) is 2.32. The molecule has 2 nitrogen and oxygen atoms in total. The van der Waals surface area contributed by atoms with Gasteiger partial charge in [0, 0.05) is 18.6 Å². The number of aliphatic imine (C=N–C) groups is 1. The zero-order valence-electron chi connectivity index (χ0n) is 11.2. The van der Waals surface area contributed by atoms with Crippen LogP contribution in [0, 0.1) is 13.8 Å². The number of hydrogen-bond donors (Lipinski definition) is 0. The molecule has 0 aliphatic carbocycles. The minimum Gasteiger partial charge on any atom is -0.299 e. The lowest BCUT2D eigenvalue weighted by molar-refractivity contribution is -0.117. The van der Waals surface area contributed by atoms with Crippen molar-refractivity contribution < 1.29 is 4.79 Å². The lowest BCUT2D eigenvalue weighted by atomic mass is 10.1. The van der Waals surface area contributed by atoms with Gasteiger partial charge in [0.25, 0.3) is 0 Å². The zero-order chi connectivity index (χ0) is 12.8. The molecule has 1 aromatic carbocycles. The molecule has 1 rings (SSSR count). The summed E-state index contributed by atoms with van der Waals surface area (Å²) in [5, 5.41) is 0. The van der Waals surface area contributed by atoms with Crippen molar-refractivity contribution in [3.63, 3.8) is 0 Å². The van der Waals surface area contributed by atoms with Gasteiger partial charge in [-0.05, 0) is 31.4 Å². The SMILES string of the molecule is CCC(=O)CC(CC)=Nc1c(C)cccc1C. The summed E-state index contributed by atoms with van der Waals surface area (Å²) in [6.45, 7) is 8.06. The van der Waals surface area contributed by atoms with E-state index in [1.54, 1.807) is 0 Å². The molecule has 0 radical (unpaired) electrons. The number of para-hydroxylation sites is 1. The smallest absolute Gasteiger partial charge is 0.138 e. The number of benzene rings is 1. The molecule has 0 saturated carbocycles. The highest BCUT2D eigenvalue weighted by molar-refractivity contribution is 6.02. The predicted octanol–water partition coefficient (Wildman–Crippen LogP) is 4.16. The van der Waals surface area contributed by atoms with Gasteiger partial charge < -0.3 is 0 Å². The Labute approximate surface area is 104 Å². The number of aryl methyl sites for hydroxylation is 2. The normalized spacial score (nSPS) is 11.6. The molecule has 0 saturated heterocycles. The Kier molecular flexibility index (Phi) is 5.08. The fourth-order valence-electron chi connectivity index (χ4n) is 1.74. The maximum Gasteiger partial charge on any atom is 0.138 e. The van der Waals surface area contributed by atoms with Crippen molar-refractivity contribution in [3.8, 4) is 0 Å². The first-order valence-electron chi connectivity index (χ1n) is 6.22. The molecule has 0 aliphatic rings. The molecular formula is C15H21NO. The van der Waals surface area contributed by atoms with E-state index in [0.717, 1.165) is 17.8 Å². The molecule has 0 aromatic heterocycles. The van der Waals surface area contributed by atoms with E-state index < -0.39 is 0 Å². The maximum absolute atomic E-state index is 11.5. The van der Waals surface area contributed by atoms with Crippen molar-refractivity contribution in [1.82, 2.24) is 0 Å². The first-order valence-corrected chi connectivity index (χ1v) is 6.22. The van der Waals surface area contributed by atoms with E-state index in [-0.39, 0.29) is 5.78 Å². The Morgan fingerprint density at radius 2 is 1.71 bits per heavy atom.